The van der Waals surface area contributed by atoms with E-state index in [2.05, 4.69) is 5.32 Å². The number of nitrogens with zero attached hydrogens (tertiary/aromatic N) is 1. The van der Waals surface area contributed by atoms with Crippen molar-refractivity contribution in [3.05, 3.63) is 54.1 Å². The Morgan fingerprint density at radius 1 is 1.12 bits per heavy atom. The topological polar surface area (TPSA) is 77.1 Å². The first-order chi connectivity index (χ1) is 12.6. The van der Waals surface area contributed by atoms with Gasteiger partial charge in [-0.2, -0.15) is 0 Å². The molecule has 1 fully saturated rings. The van der Waals surface area contributed by atoms with Gasteiger partial charge in [-0.25, -0.2) is 4.79 Å². The third kappa shape index (κ3) is 2.71. The average Bonchev–Trinajstić information content (AvgIpc) is 3.20. The molecule has 2 aliphatic rings. The zero-order valence-corrected chi connectivity index (χ0v) is 14.2. The summed E-state index contributed by atoms with van der Waals surface area (Å²) in [6.07, 6.45) is 0. The fourth-order valence-electron chi connectivity index (χ4n) is 3.07. The SMILES string of the molecule is C[C@@]1(c2ccc3c(c2)OCO3)NC(=O)N(CCOc2ccccc2)C1=O. The number of nitrogens with one attached hydrogen (secondary N) is 1. The van der Waals surface area contributed by atoms with E-state index in [1.165, 1.54) is 4.90 Å². The molecule has 2 aliphatic heterocycles. The summed E-state index contributed by atoms with van der Waals surface area (Å²) in [6, 6.07) is 14.0. The lowest BCUT2D eigenvalue weighted by Crippen LogP contribution is -2.41. The van der Waals surface area contributed by atoms with E-state index in [4.69, 9.17) is 14.2 Å². The molecule has 0 saturated carbocycles. The lowest BCUT2D eigenvalue weighted by molar-refractivity contribution is -0.131. The molecule has 0 bridgehead atoms. The number of ether oxygens (including phenoxy) is 3. The van der Waals surface area contributed by atoms with E-state index in [1.54, 1.807) is 25.1 Å². The molecule has 0 aliphatic carbocycles. The van der Waals surface area contributed by atoms with Crippen LogP contribution in [-0.4, -0.2) is 36.8 Å². The van der Waals surface area contributed by atoms with Crippen LogP contribution in [0.15, 0.2) is 48.5 Å². The maximum Gasteiger partial charge on any atom is 0.325 e. The van der Waals surface area contributed by atoms with Gasteiger partial charge in [0.25, 0.3) is 5.91 Å². The third-order valence-corrected chi connectivity index (χ3v) is 4.55. The second-order valence-electron chi connectivity index (χ2n) is 6.24. The van der Waals surface area contributed by atoms with Crippen molar-refractivity contribution in [3.8, 4) is 17.2 Å². The Balaban J connectivity index is 1.47. The summed E-state index contributed by atoms with van der Waals surface area (Å²) in [4.78, 5) is 26.4. The summed E-state index contributed by atoms with van der Waals surface area (Å²) < 4.78 is 16.2. The van der Waals surface area contributed by atoms with Crippen LogP contribution in [-0.2, 0) is 10.3 Å². The van der Waals surface area contributed by atoms with Crippen molar-refractivity contribution in [1.82, 2.24) is 10.2 Å². The van der Waals surface area contributed by atoms with Gasteiger partial charge in [-0.1, -0.05) is 24.3 Å². The maximum absolute atomic E-state index is 12.9. The Hall–Kier alpha value is -3.22. The number of carbonyl (C=O) groups is 2. The van der Waals surface area contributed by atoms with Gasteiger partial charge < -0.3 is 19.5 Å². The van der Waals surface area contributed by atoms with Gasteiger partial charge in [0.2, 0.25) is 6.79 Å². The quantitative estimate of drug-likeness (QED) is 0.834. The average molecular weight is 354 g/mol. The van der Waals surface area contributed by atoms with Gasteiger partial charge in [0.05, 0.1) is 6.54 Å². The Labute approximate surface area is 150 Å². The highest BCUT2D eigenvalue weighted by molar-refractivity contribution is 6.07. The minimum absolute atomic E-state index is 0.152. The Kier molecular flexibility index (Phi) is 3.91. The number of benzene rings is 2. The van der Waals surface area contributed by atoms with E-state index < -0.39 is 11.6 Å². The highest BCUT2D eigenvalue weighted by Gasteiger charge is 2.49. The van der Waals surface area contributed by atoms with Gasteiger partial charge in [-0.05, 0) is 36.8 Å². The first-order valence-corrected chi connectivity index (χ1v) is 8.30. The van der Waals surface area contributed by atoms with Crippen LogP contribution in [0.5, 0.6) is 17.2 Å². The molecule has 2 aromatic rings. The second kappa shape index (κ2) is 6.25. The van der Waals surface area contributed by atoms with E-state index in [-0.39, 0.29) is 25.9 Å². The molecule has 0 unspecified atom stereocenters. The Morgan fingerprint density at radius 3 is 2.69 bits per heavy atom. The fourth-order valence-corrected chi connectivity index (χ4v) is 3.07. The summed E-state index contributed by atoms with van der Waals surface area (Å²) in [5.41, 5.74) is -0.503. The van der Waals surface area contributed by atoms with Gasteiger partial charge in [-0.15, -0.1) is 0 Å². The number of urea groups is 1. The predicted molar refractivity (Wildman–Crippen MR) is 92.1 cm³/mol. The highest BCUT2D eigenvalue weighted by atomic mass is 16.7. The summed E-state index contributed by atoms with van der Waals surface area (Å²) in [6.45, 7) is 2.22. The molecule has 1 atom stereocenters. The first-order valence-electron chi connectivity index (χ1n) is 8.30. The molecule has 0 radical (unpaired) electrons. The molecule has 2 aromatic carbocycles. The molecule has 7 nitrogen and oxygen atoms in total. The molecule has 0 spiro atoms. The molecular weight excluding hydrogens is 336 g/mol. The van der Waals surface area contributed by atoms with Crippen LogP contribution in [0.2, 0.25) is 0 Å². The minimum Gasteiger partial charge on any atom is -0.492 e. The molecule has 134 valence electrons. The minimum atomic E-state index is -1.15. The van der Waals surface area contributed by atoms with E-state index >= 15 is 0 Å². The van der Waals surface area contributed by atoms with Gasteiger partial charge in [0, 0.05) is 0 Å². The van der Waals surface area contributed by atoms with Crippen molar-refractivity contribution in [2.75, 3.05) is 19.9 Å². The number of carbonyl (C=O) groups excluding carboxylic acids is 2. The molecule has 0 aromatic heterocycles. The molecule has 7 heteroatoms. The van der Waals surface area contributed by atoms with Crippen molar-refractivity contribution in [3.63, 3.8) is 0 Å². The number of para-hydroxylation sites is 1. The van der Waals surface area contributed by atoms with E-state index in [0.29, 0.717) is 22.8 Å². The summed E-state index contributed by atoms with van der Waals surface area (Å²) in [5, 5.41) is 2.77. The van der Waals surface area contributed by atoms with Gasteiger partial charge in [0.1, 0.15) is 17.9 Å². The van der Waals surface area contributed by atoms with Crippen molar-refractivity contribution in [2.45, 2.75) is 12.5 Å². The largest absolute Gasteiger partial charge is 0.492 e. The summed E-state index contributed by atoms with van der Waals surface area (Å²) >= 11 is 0. The van der Waals surface area contributed by atoms with Crippen molar-refractivity contribution >= 4 is 11.9 Å². The van der Waals surface area contributed by atoms with Crippen molar-refractivity contribution in [1.29, 1.82) is 0 Å². The molecule has 4 rings (SSSR count). The van der Waals surface area contributed by atoms with E-state index in [9.17, 15) is 9.59 Å². The summed E-state index contributed by atoms with van der Waals surface area (Å²) in [7, 11) is 0. The first kappa shape index (κ1) is 16.3. The van der Waals surface area contributed by atoms with Crippen LogP contribution >= 0.6 is 0 Å². The monoisotopic (exact) mass is 354 g/mol. The third-order valence-electron chi connectivity index (χ3n) is 4.55. The number of imide groups is 1. The molecule has 1 saturated heterocycles. The van der Waals surface area contributed by atoms with E-state index in [1.807, 2.05) is 30.3 Å². The zero-order valence-electron chi connectivity index (χ0n) is 14.2. The number of amides is 3. The standard InChI is InChI=1S/C19H18N2O5/c1-19(13-7-8-15-16(11-13)26-12-25-15)17(22)21(18(23)20-19)9-10-24-14-5-3-2-4-6-14/h2-8,11H,9-10,12H2,1H3,(H,20,23)/t19-/m0/s1. The molecule has 2 heterocycles. The van der Waals surface area contributed by atoms with Gasteiger partial charge in [-0.3, -0.25) is 9.69 Å². The van der Waals surface area contributed by atoms with Crippen LogP contribution in [0.4, 0.5) is 4.79 Å². The van der Waals surface area contributed by atoms with Crippen molar-refractivity contribution < 1.29 is 23.8 Å². The smallest absolute Gasteiger partial charge is 0.325 e. The van der Waals surface area contributed by atoms with Crippen LogP contribution in [0.25, 0.3) is 0 Å². The Bertz CT molecular complexity index is 854. The molecule has 3 amide bonds. The lowest BCUT2D eigenvalue weighted by Gasteiger charge is -2.22. The van der Waals surface area contributed by atoms with Gasteiger partial charge >= 0.3 is 6.03 Å². The normalized spacial score (nSPS) is 21.0. The van der Waals surface area contributed by atoms with Gasteiger partial charge in [0.15, 0.2) is 11.5 Å². The Morgan fingerprint density at radius 2 is 1.88 bits per heavy atom. The number of rotatable bonds is 5. The number of hydrogen-bond acceptors (Lipinski definition) is 5. The molecular formula is C19H18N2O5. The fraction of sp³-hybridized carbons (Fsp3) is 0.263. The highest BCUT2D eigenvalue weighted by Crippen LogP contribution is 2.37. The van der Waals surface area contributed by atoms with Crippen LogP contribution < -0.4 is 19.5 Å². The van der Waals surface area contributed by atoms with Crippen LogP contribution in [0.3, 0.4) is 0 Å². The molecule has 1 N–H and O–H groups in total. The maximum atomic E-state index is 12.9. The second-order valence-corrected chi connectivity index (χ2v) is 6.24. The lowest BCUT2D eigenvalue weighted by atomic mass is 9.91. The van der Waals surface area contributed by atoms with E-state index in [0.717, 1.165) is 0 Å². The van der Waals surface area contributed by atoms with Crippen molar-refractivity contribution in [2.24, 2.45) is 0 Å². The predicted octanol–water partition coefficient (Wildman–Crippen LogP) is 2.26. The number of hydrogen-bond donors (Lipinski definition) is 1. The zero-order chi connectivity index (χ0) is 18.1. The summed E-state index contributed by atoms with van der Waals surface area (Å²) in [5.74, 6) is 1.56. The van der Waals surface area contributed by atoms with Crippen LogP contribution in [0, 0.1) is 0 Å². The molecule has 26 heavy (non-hydrogen) atoms. The van der Waals surface area contributed by atoms with Crippen LogP contribution in [0.1, 0.15) is 12.5 Å². The number of fused-ring (bicyclic) bond motifs is 1.